The molecule has 1 unspecified atom stereocenters. The minimum absolute atomic E-state index is 0.0578. The zero-order chi connectivity index (χ0) is 15.0. The first-order valence-electron chi connectivity index (χ1n) is 6.33. The SMILES string of the molecule is OC(Cc1cc(F)cc(F)c1)c1cc2cc(Cl)ccc2o1. The van der Waals surface area contributed by atoms with Crippen LogP contribution in [0.3, 0.4) is 0 Å². The average Bonchev–Trinajstić information content (AvgIpc) is 2.80. The highest BCUT2D eigenvalue weighted by atomic mass is 35.5. The fourth-order valence-corrected chi connectivity index (χ4v) is 2.43. The molecule has 0 bridgehead atoms. The molecule has 0 saturated heterocycles. The Morgan fingerprint density at radius 2 is 1.76 bits per heavy atom. The number of furan rings is 1. The monoisotopic (exact) mass is 308 g/mol. The van der Waals surface area contributed by atoms with E-state index in [9.17, 15) is 13.9 Å². The van der Waals surface area contributed by atoms with E-state index in [0.717, 1.165) is 11.5 Å². The molecule has 5 heteroatoms. The summed E-state index contributed by atoms with van der Waals surface area (Å²) < 4.78 is 31.8. The van der Waals surface area contributed by atoms with Gasteiger partial charge in [0.2, 0.25) is 0 Å². The van der Waals surface area contributed by atoms with Crippen molar-refractivity contribution in [1.82, 2.24) is 0 Å². The Kier molecular flexibility index (Phi) is 3.66. The Morgan fingerprint density at radius 3 is 2.48 bits per heavy atom. The van der Waals surface area contributed by atoms with Crippen molar-refractivity contribution in [2.24, 2.45) is 0 Å². The van der Waals surface area contributed by atoms with Gasteiger partial charge in [-0.25, -0.2) is 8.78 Å². The van der Waals surface area contributed by atoms with Crippen LogP contribution in [-0.4, -0.2) is 5.11 Å². The lowest BCUT2D eigenvalue weighted by Crippen LogP contribution is -2.01. The lowest BCUT2D eigenvalue weighted by atomic mass is 10.1. The molecule has 0 saturated carbocycles. The molecular formula is C16H11ClF2O2. The molecule has 0 fully saturated rings. The van der Waals surface area contributed by atoms with Crippen LogP contribution in [0.25, 0.3) is 11.0 Å². The maximum atomic E-state index is 13.1. The smallest absolute Gasteiger partial charge is 0.134 e. The number of rotatable bonds is 3. The molecule has 1 heterocycles. The van der Waals surface area contributed by atoms with Crippen LogP contribution in [-0.2, 0) is 6.42 Å². The van der Waals surface area contributed by atoms with Crippen LogP contribution < -0.4 is 0 Å². The van der Waals surface area contributed by atoms with Gasteiger partial charge in [0.25, 0.3) is 0 Å². The third-order valence-electron chi connectivity index (χ3n) is 3.18. The fourth-order valence-electron chi connectivity index (χ4n) is 2.25. The molecule has 1 aromatic heterocycles. The number of aliphatic hydroxyl groups is 1. The molecule has 0 aliphatic carbocycles. The van der Waals surface area contributed by atoms with Crippen LogP contribution in [0.2, 0.25) is 5.02 Å². The van der Waals surface area contributed by atoms with Gasteiger partial charge < -0.3 is 9.52 Å². The highest BCUT2D eigenvalue weighted by Gasteiger charge is 2.15. The first-order valence-corrected chi connectivity index (χ1v) is 6.71. The quantitative estimate of drug-likeness (QED) is 0.764. The molecular weight excluding hydrogens is 298 g/mol. The van der Waals surface area contributed by atoms with Crippen LogP contribution in [0.5, 0.6) is 0 Å². The minimum Gasteiger partial charge on any atom is -0.458 e. The molecule has 0 radical (unpaired) electrons. The molecule has 0 amide bonds. The summed E-state index contributed by atoms with van der Waals surface area (Å²) in [5.41, 5.74) is 0.956. The number of aliphatic hydroxyl groups excluding tert-OH is 1. The number of benzene rings is 2. The van der Waals surface area contributed by atoms with E-state index in [1.807, 2.05) is 0 Å². The number of hydrogen-bond acceptors (Lipinski definition) is 2. The zero-order valence-electron chi connectivity index (χ0n) is 10.8. The summed E-state index contributed by atoms with van der Waals surface area (Å²) >= 11 is 5.88. The molecule has 0 aliphatic rings. The Labute approximate surface area is 124 Å². The number of halogens is 3. The van der Waals surface area contributed by atoms with Crippen molar-refractivity contribution in [2.45, 2.75) is 12.5 Å². The summed E-state index contributed by atoms with van der Waals surface area (Å²) in [6.45, 7) is 0. The van der Waals surface area contributed by atoms with E-state index in [0.29, 0.717) is 21.9 Å². The van der Waals surface area contributed by atoms with Crippen molar-refractivity contribution in [3.63, 3.8) is 0 Å². The molecule has 1 atom stereocenters. The van der Waals surface area contributed by atoms with Crippen molar-refractivity contribution < 1.29 is 18.3 Å². The first-order chi connectivity index (χ1) is 10.0. The number of hydrogen-bond donors (Lipinski definition) is 1. The van der Waals surface area contributed by atoms with E-state index < -0.39 is 17.7 Å². The van der Waals surface area contributed by atoms with Gasteiger partial charge in [0.1, 0.15) is 29.1 Å². The van der Waals surface area contributed by atoms with Crippen LogP contribution in [0.15, 0.2) is 46.9 Å². The van der Waals surface area contributed by atoms with Crippen molar-refractivity contribution >= 4 is 22.6 Å². The molecule has 21 heavy (non-hydrogen) atoms. The molecule has 3 aromatic rings. The van der Waals surface area contributed by atoms with Crippen LogP contribution in [0.4, 0.5) is 8.78 Å². The van der Waals surface area contributed by atoms with Gasteiger partial charge in [-0.1, -0.05) is 11.6 Å². The predicted molar refractivity (Wildman–Crippen MR) is 76.2 cm³/mol. The zero-order valence-corrected chi connectivity index (χ0v) is 11.6. The summed E-state index contributed by atoms with van der Waals surface area (Å²) in [4.78, 5) is 0. The molecule has 2 aromatic carbocycles. The van der Waals surface area contributed by atoms with Gasteiger partial charge in [-0.3, -0.25) is 0 Å². The van der Waals surface area contributed by atoms with Crippen molar-refractivity contribution in [1.29, 1.82) is 0 Å². The maximum absolute atomic E-state index is 13.1. The Balaban J connectivity index is 1.87. The second kappa shape index (κ2) is 5.47. The third-order valence-corrected chi connectivity index (χ3v) is 3.41. The Morgan fingerprint density at radius 1 is 1.05 bits per heavy atom. The van der Waals surface area contributed by atoms with E-state index in [2.05, 4.69) is 0 Å². The number of fused-ring (bicyclic) bond motifs is 1. The van der Waals surface area contributed by atoms with Gasteiger partial charge in [-0.05, 0) is 42.0 Å². The molecule has 0 aliphatic heterocycles. The molecule has 3 rings (SSSR count). The summed E-state index contributed by atoms with van der Waals surface area (Å²) in [5.74, 6) is -1.01. The minimum atomic E-state index is -0.989. The van der Waals surface area contributed by atoms with Gasteiger partial charge in [0, 0.05) is 22.9 Å². The topological polar surface area (TPSA) is 33.4 Å². The van der Waals surface area contributed by atoms with Crippen LogP contribution in [0.1, 0.15) is 17.4 Å². The van der Waals surface area contributed by atoms with Gasteiger partial charge >= 0.3 is 0 Å². The van der Waals surface area contributed by atoms with E-state index >= 15 is 0 Å². The average molecular weight is 309 g/mol. The van der Waals surface area contributed by atoms with Crippen molar-refractivity contribution in [2.75, 3.05) is 0 Å². The second-order valence-electron chi connectivity index (χ2n) is 4.83. The summed E-state index contributed by atoms with van der Waals surface area (Å²) in [6.07, 6.45) is -0.931. The van der Waals surface area contributed by atoms with Gasteiger partial charge in [-0.2, -0.15) is 0 Å². The predicted octanol–water partition coefficient (Wildman–Crippen LogP) is 4.64. The highest BCUT2D eigenvalue weighted by Crippen LogP contribution is 2.28. The van der Waals surface area contributed by atoms with E-state index in [4.69, 9.17) is 16.0 Å². The third kappa shape index (κ3) is 3.06. The van der Waals surface area contributed by atoms with Gasteiger partial charge in [0.15, 0.2) is 0 Å². The van der Waals surface area contributed by atoms with Crippen molar-refractivity contribution in [3.8, 4) is 0 Å². The second-order valence-corrected chi connectivity index (χ2v) is 5.26. The summed E-state index contributed by atoms with van der Waals surface area (Å²) in [5, 5.41) is 11.5. The van der Waals surface area contributed by atoms with Crippen molar-refractivity contribution in [3.05, 3.63) is 70.4 Å². The lowest BCUT2D eigenvalue weighted by Gasteiger charge is -2.08. The fraction of sp³-hybridized carbons (Fsp3) is 0.125. The van der Waals surface area contributed by atoms with Gasteiger partial charge in [-0.15, -0.1) is 0 Å². The molecule has 0 spiro atoms. The standard InChI is InChI=1S/C16H11ClF2O2/c17-11-1-2-15-10(6-11)7-16(21-15)14(20)5-9-3-12(18)8-13(19)4-9/h1-4,6-8,14,20H,5H2. The van der Waals surface area contributed by atoms with E-state index in [1.54, 1.807) is 24.3 Å². The molecule has 1 N–H and O–H groups in total. The normalized spacial score (nSPS) is 12.8. The largest absolute Gasteiger partial charge is 0.458 e. The lowest BCUT2D eigenvalue weighted by molar-refractivity contribution is 0.152. The molecule has 108 valence electrons. The molecule has 2 nitrogen and oxygen atoms in total. The Hall–Kier alpha value is -1.91. The van der Waals surface area contributed by atoms with Gasteiger partial charge in [0.05, 0.1) is 0 Å². The maximum Gasteiger partial charge on any atom is 0.134 e. The highest BCUT2D eigenvalue weighted by molar-refractivity contribution is 6.31. The first kappa shape index (κ1) is 14.0. The van der Waals surface area contributed by atoms with Crippen LogP contribution >= 0.6 is 11.6 Å². The van der Waals surface area contributed by atoms with E-state index in [-0.39, 0.29) is 6.42 Å². The van der Waals surface area contributed by atoms with E-state index in [1.165, 1.54) is 12.1 Å². The summed E-state index contributed by atoms with van der Waals surface area (Å²) in [7, 11) is 0. The summed E-state index contributed by atoms with van der Waals surface area (Å²) in [6, 6.07) is 9.94. The Bertz CT molecular complexity index is 778. The van der Waals surface area contributed by atoms with Crippen LogP contribution in [0, 0.1) is 11.6 Å².